The highest BCUT2D eigenvalue weighted by Crippen LogP contribution is 2.35. The second-order valence-corrected chi connectivity index (χ2v) is 7.17. The van der Waals surface area contributed by atoms with Crippen LogP contribution >= 0.6 is 0 Å². The van der Waals surface area contributed by atoms with Crippen LogP contribution in [0.4, 0.5) is 11.4 Å². The van der Waals surface area contributed by atoms with E-state index in [0.717, 1.165) is 5.69 Å². The van der Waals surface area contributed by atoms with Crippen molar-refractivity contribution in [1.29, 1.82) is 0 Å². The first-order chi connectivity index (χ1) is 9.45. The molecular formula is C13H20N2O4S. The number of nitrogens with two attached hydrogens (primary N) is 1. The summed E-state index contributed by atoms with van der Waals surface area (Å²) < 4.78 is 33.2. The zero-order valence-corrected chi connectivity index (χ0v) is 12.5. The summed E-state index contributed by atoms with van der Waals surface area (Å²) in [5.41, 5.74) is 7.27. The molecule has 1 aliphatic heterocycles. The number of rotatable bonds is 4. The largest absolute Gasteiger partial charge is 0.493 e. The van der Waals surface area contributed by atoms with Gasteiger partial charge in [-0.1, -0.05) is 0 Å². The Bertz CT molecular complexity index is 572. The van der Waals surface area contributed by atoms with Gasteiger partial charge in [0.05, 0.1) is 37.1 Å². The summed E-state index contributed by atoms with van der Waals surface area (Å²) in [6.45, 7) is 0. The van der Waals surface area contributed by atoms with Crippen molar-refractivity contribution < 1.29 is 17.9 Å². The summed E-state index contributed by atoms with van der Waals surface area (Å²) in [5, 5.41) is 3.29. The number of hydrogen-bond acceptors (Lipinski definition) is 6. The molecule has 20 heavy (non-hydrogen) atoms. The quantitative estimate of drug-likeness (QED) is 0.814. The first-order valence-corrected chi connectivity index (χ1v) is 8.26. The van der Waals surface area contributed by atoms with Crippen molar-refractivity contribution in [3.05, 3.63) is 12.1 Å². The molecule has 1 aromatic carbocycles. The molecule has 0 unspecified atom stereocenters. The van der Waals surface area contributed by atoms with Crippen LogP contribution in [0.5, 0.6) is 11.5 Å². The van der Waals surface area contributed by atoms with Crippen molar-refractivity contribution in [2.45, 2.75) is 18.9 Å². The summed E-state index contributed by atoms with van der Waals surface area (Å²) in [6, 6.07) is 3.58. The van der Waals surface area contributed by atoms with Crippen LogP contribution in [-0.4, -0.2) is 40.2 Å². The van der Waals surface area contributed by atoms with Crippen molar-refractivity contribution in [2.75, 3.05) is 36.8 Å². The molecular weight excluding hydrogens is 280 g/mol. The third-order valence-corrected chi connectivity index (χ3v) is 5.19. The van der Waals surface area contributed by atoms with Crippen LogP contribution in [-0.2, 0) is 9.84 Å². The van der Waals surface area contributed by atoms with E-state index in [1.807, 2.05) is 0 Å². The topological polar surface area (TPSA) is 90.6 Å². The van der Waals surface area contributed by atoms with E-state index in [4.69, 9.17) is 15.2 Å². The van der Waals surface area contributed by atoms with Crippen LogP contribution in [0.3, 0.4) is 0 Å². The first-order valence-electron chi connectivity index (χ1n) is 6.43. The second kappa shape index (κ2) is 5.78. The number of nitrogens with one attached hydrogen (secondary N) is 1. The van der Waals surface area contributed by atoms with Gasteiger partial charge in [-0.05, 0) is 12.8 Å². The predicted molar refractivity (Wildman–Crippen MR) is 79.3 cm³/mol. The number of anilines is 2. The molecule has 7 heteroatoms. The number of ether oxygens (including phenoxy) is 2. The molecule has 112 valence electrons. The smallest absolute Gasteiger partial charge is 0.162 e. The molecule has 0 atom stereocenters. The van der Waals surface area contributed by atoms with Crippen LogP contribution < -0.4 is 20.5 Å². The highest BCUT2D eigenvalue weighted by molar-refractivity contribution is 7.91. The molecule has 6 nitrogen and oxygen atoms in total. The van der Waals surface area contributed by atoms with Crippen LogP contribution in [0.15, 0.2) is 12.1 Å². The summed E-state index contributed by atoms with van der Waals surface area (Å²) >= 11 is 0. The Labute approximate surface area is 119 Å². The molecule has 1 heterocycles. The van der Waals surface area contributed by atoms with Gasteiger partial charge in [-0.2, -0.15) is 0 Å². The summed E-state index contributed by atoms with van der Waals surface area (Å²) in [7, 11) is 0.255. The normalized spacial score (nSPS) is 18.5. The fourth-order valence-corrected chi connectivity index (χ4v) is 3.77. The molecule has 1 saturated heterocycles. The predicted octanol–water partition coefficient (Wildman–Crippen LogP) is 1.28. The standard InChI is InChI=1S/C13H20N2O4S/c1-18-12-7-10(14)11(8-13(12)19-2)15-9-3-5-20(16,17)6-4-9/h7-9,15H,3-6,14H2,1-2H3. The van der Waals surface area contributed by atoms with Gasteiger partial charge in [0.1, 0.15) is 9.84 Å². The Morgan fingerprint density at radius 1 is 1.15 bits per heavy atom. The molecule has 1 aliphatic rings. The van der Waals surface area contributed by atoms with E-state index >= 15 is 0 Å². The van der Waals surface area contributed by atoms with E-state index in [1.165, 1.54) is 0 Å². The number of nitrogen functional groups attached to an aromatic ring is 1. The van der Waals surface area contributed by atoms with Gasteiger partial charge in [0, 0.05) is 18.2 Å². The molecule has 0 amide bonds. The van der Waals surface area contributed by atoms with Gasteiger partial charge in [-0.15, -0.1) is 0 Å². The Morgan fingerprint density at radius 2 is 1.70 bits per heavy atom. The van der Waals surface area contributed by atoms with Crippen molar-refractivity contribution in [3.63, 3.8) is 0 Å². The molecule has 3 N–H and O–H groups in total. The lowest BCUT2D eigenvalue weighted by Gasteiger charge is -2.25. The van der Waals surface area contributed by atoms with E-state index in [2.05, 4.69) is 5.32 Å². The SMILES string of the molecule is COc1cc(N)c(NC2CCS(=O)(=O)CC2)cc1OC. The maximum atomic E-state index is 11.4. The Balaban J connectivity index is 2.14. The van der Waals surface area contributed by atoms with Gasteiger partial charge in [0.15, 0.2) is 11.5 Å². The van der Waals surface area contributed by atoms with E-state index in [-0.39, 0.29) is 17.5 Å². The van der Waals surface area contributed by atoms with E-state index < -0.39 is 9.84 Å². The third-order valence-electron chi connectivity index (χ3n) is 3.47. The lowest BCUT2D eigenvalue weighted by molar-refractivity contribution is 0.355. The summed E-state index contributed by atoms with van der Waals surface area (Å²) in [4.78, 5) is 0. The molecule has 0 bridgehead atoms. The molecule has 0 spiro atoms. The Kier molecular flexibility index (Phi) is 4.27. The van der Waals surface area contributed by atoms with Gasteiger partial charge in [0.2, 0.25) is 0 Å². The molecule has 0 aliphatic carbocycles. The highest BCUT2D eigenvalue weighted by Gasteiger charge is 2.24. The van der Waals surface area contributed by atoms with Crippen LogP contribution in [0.1, 0.15) is 12.8 Å². The molecule has 1 fully saturated rings. The molecule has 0 radical (unpaired) electrons. The highest BCUT2D eigenvalue weighted by atomic mass is 32.2. The Morgan fingerprint density at radius 3 is 2.25 bits per heavy atom. The monoisotopic (exact) mass is 300 g/mol. The van der Waals surface area contributed by atoms with E-state index in [9.17, 15) is 8.42 Å². The second-order valence-electron chi connectivity index (χ2n) is 4.86. The zero-order valence-electron chi connectivity index (χ0n) is 11.7. The van der Waals surface area contributed by atoms with Crippen LogP contribution in [0.25, 0.3) is 0 Å². The van der Waals surface area contributed by atoms with E-state index in [1.54, 1.807) is 26.4 Å². The summed E-state index contributed by atoms with van der Waals surface area (Å²) in [6.07, 6.45) is 1.19. The van der Waals surface area contributed by atoms with Crippen molar-refractivity contribution in [1.82, 2.24) is 0 Å². The van der Waals surface area contributed by atoms with Gasteiger partial charge >= 0.3 is 0 Å². The number of hydrogen-bond donors (Lipinski definition) is 2. The lowest BCUT2D eigenvalue weighted by Crippen LogP contribution is -2.32. The van der Waals surface area contributed by atoms with Crippen molar-refractivity contribution >= 4 is 21.2 Å². The minimum absolute atomic E-state index is 0.110. The third kappa shape index (κ3) is 3.27. The molecule has 1 aromatic rings. The fourth-order valence-electron chi connectivity index (χ4n) is 2.27. The minimum atomic E-state index is -2.86. The van der Waals surface area contributed by atoms with E-state index in [0.29, 0.717) is 30.0 Å². The van der Waals surface area contributed by atoms with Crippen LogP contribution in [0.2, 0.25) is 0 Å². The van der Waals surface area contributed by atoms with Gasteiger partial charge in [-0.25, -0.2) is 8.42 Å². The fraction of sp³-hybridized carbons (Fsp3) is 0.538. The maximum Gasteiger partial charge on any atom is 0.162 e. The summed E-state index contributed by atoms with van der Waals surface area (Å²) in [5.74, 6) is 1.60. The number of methoxy groups -OCH3 is 2. The maximum absolute atomic E-state index is 11.4. The average molecular weight is 300 g/mol. The number of benzene rings is 1. The first kappa shape index (κ1) is 14.8. The van der Waals surface area contributed by atoms with Crippen LogP contribution in [0, 0.1) is 0 Å². The zero-order chi connectivity index (χ0) is 14.8. The minimum Gasteiger partial charge on any atom is -0.493 e. The van der Waals surface area contributed by atoms with Gasteiger partial charge < -0.3 is 20.5 Å². The number of sulfone groups is 1. The lowest BCUT2D eigenvalue weighted by atomic mass is 10.1. The molecule has 2 rings (SSSR count). The Hall–Kier alpha value is -1.63. The molecule has 0 aromatic heterocycles. The average Bonchev–Trinajstić information content (AvgIpc) is 2.42. The van der Waals surface area contributed by atoms with Crippen molar-refractivity contribution in [2.24, 2.45) is 0 Å². The van der Waals surface area contributed by atoms with Crippen molar-refractivity contribution in [3.8, 4) is 11.5 Å². The molecule has 0 saturated carbocycles. The van der Waals surface area contributed by atoms with Gasteiger partial charge in [0.25, 0.3) is 0 Å². The van der Waals surface area contributed by atoms with Gasteiger partial charge in [-0.3, -0.25) is 0 Å².